The number of aromatic nitrogens is 4. The molecule has 2 aromatic rings. The quantitative estimate of drug-likeness (QED) is 0.837. The van der Waals surface area contributed by atoms with Gasteiger partial charge in [-0.25, -0.2) is 0 Å². The van der Waals surface area contributed by atoms with E-state index in [2.05, 4.69) is 24.9 Å². The number of nitrogens with one attached hydrogen (secondary N) is 1. The fourth-order valence-corrected chi connectivity index (χ4v) is 3.52. The predicted octanol–water partition coefficient (Wildman–Crippen LogP) is -0.0424. The molecule has 0 aromatic carbocycles. The summed E-state index contributed by atoms with van der Waals surface area (Å²) in [7, 11) is 1.81. The van der Waals surface area contributed by atoms with E-state index in [0.29, 0.717) is 23.0 Å². The number of hydrogen-bond donors (Lipinski definition) is 1. The molecule has 23 heavy (non-hydrogen) atoms. The fraction of sp³-hybridized carbons (Fsp3) is 0.667. The Bertz CT molecular complexity index is 740. The minimum absolute atomic E-state index is 0.120. The zero-order valence-corrected chi connectivity index (χ0v) is 13.4. The van der Waals surface area contributed by atoms with Crippen LogP contribution in [0.5, 0.6) is 0 Å². The van der Waals surface area contributed by atoms with Crippen LogP contribution in [0.3, 0.4) is 0 Å². The minimum Gasteiger partial charge on any atom is -0.381 e. The maximum absolute atomic E-state index is 12.2. The van der Waals surface area contributed by atoms with Crippen molar-refractivity contribution < 1.29 is 4.74 Å². The molecule has 2 aliphatic rings. The Morgan fingerprint density at radius 1 is 1.22 bits per heavy atom. The summed E-state index contributed by atoms with van der Waals surface area (Å²) in [5, 5.41) is 4.65. The van der Waals surface area contributed by atoms with E-state index in [-0.39, 0.29) is 5.56 Å². The van der Waals surface area contributed by atoms with Crippen molar-refractivity contribution in [3.8, 4) is 0 Å². The Kier molecular flexibility index (Phi) is 3.78. The molecule has 0 bridgehead atoms. The van der Waals surface area contributed by atoms with Gasteiger partial charge in [0.05, 0.1) is 6.20 Å². The second-order valence-corrected chi connectivity index (χ2v) is 6.26. The first-order valence-corrected chi connectivity index (χ1v) is 8.21. The monoisotopic (exact) mass is 318 g/mol. The molecule has 0 atom stereocenters. The van der Waals surface area contributed by atoms with Crippen LogP contribution in [0.4, 0.5) is 5.95 Å². The zero-order valence-electron chi connectivity index (χ0n) is 13.4. The van der Waals surface area contributed by atoms with Crippen LogP contribution in [0.1, 0.15) is 12.8 Å². The Morgan fingerprint density at radius 3 is 2.70 bits per heavy atom. The molecule has 2 aromatic heterocycles. The molecule has 1 N–H and O–H groups in total. The summed E-state index contributed by atoms with van der Waals surface area (Å²) in [5.41, 5.74) is 0.514. The molecule has 0 unspecified atom stereocenters. The first kappa shape index (κ1) is 14.6. The summed E-state index contributed by atoms with van der Waals surface area (Å²) in [6.07, 6.45) is 3.81. The van der Waals surface area contributed by atoms with Crippen LogP contribution in [0.25, 0.3) is 11.0 Å². The maximum atomic E-state index is 12.2. The number of aryl methyl sites for hydroxylation is 1. The number of anilines is 1. The summed E-state index contributed by atoms with van der Waals surface area (Å²) in [5.74, 6) is 0.651. The molecule has 2 aliphatic heterocycles. The van der Waals surface area contributed by atoms with Crippen molar-refractivity contribution in [3.05, 3.63) is 16.6 Å². The molecule has 0 aliphatic carbocycles. The molecule has 0 spiro atoms. The van der Waals surface area contributed by atoms with Crippen molar-refractivity contribution in [1.82, 2.24) is 24.6 Å². The number of rotatable bonds is 2. The third-order valence-corrected chi connectivity index (χ3v) is 4.91. The number of hydrogen-bond acceptors (Lipinski definition) is 6. The number of ether oxygens (including phenoxy) is 1. The van der Waals surface area contributed by atoms with Gasteiger partial charge >= 0.3 is 0 Å². The molecular weight excluding hydrogens is 296 g/mol. The highest BCUT2D eigenvalue weighted by molar-refractivity contribution is 5.74. The Hall–Kier alpha value is -1.93. The van der Waals surface area contributed by atoms with Gasteiger partial charge in [0, 0.05) is 52.5 Å². The summed E-state index contributed by atoms with van der Waals surface area (Å²) >= 11 is 0. The van der Waals surface area contributed by atoms with Crippen LogP contribution in [0.2, 0.25) is 0 Å². The normalized spacial score (nSPS) is 21.2. The molecule has 4 rings (SSSR count). The molecule has 2 fully saturated rings. The van der Waals surface area contributed by atoms with E-state index in [1.165, 1.54) is 0 Å². The smallest absolute Gasteiger partial charge is 0.263 e. The van der Waals surface area contributed by atoms with Crippen LogP contribution < -0.4 is 10.5 Å². The first-order valence-electron chi connectivity index (χ1n) is 8.21. The number of piperazine rings is 1. The Morgan fingerprint density at radius 2 is 1.96 bits per heavy atom. The SMILES string of the molecule is Cn1ncc2c(=O)[nH]c(N3CCN(C4CCOCC4)CC3)nc21. The van der Waals surface area contributed by atoms with E-state index in [0.717, 1.165) is 52.2 Å². The van der Waals surface area contributed by atoms with E-state index in [1.807, 2.05) is 7.05 Å². The lowest BCUT2D eigenvalue weighted by Crippen LogP contribution is -2.52. The van der Waals surface area contributed by atoms with Crippen molar-refractivity contribution in [2.45, 2.75) is 18.9 Å². The summed E-state index contributed by atoms with van der Waals surface area (Å²) in [4.78, 5) is 24.3. The third-order valence-electron chi connectivity index (χ3n) is 4.91. The lowest BCUT2D eigenvalue weighted by atomic mass is 10.1. The topological polar surface area (TPSA) is 79.3 Å². The van der Waals surface area contributed by atoms with Gasteiger partial charge in [0.15, 0.2) is 5.65 Å². The Labute approximate surface area is 134 Å². The highest BCUT2D eigenvalue weighted by atomic mass is 16.5. The largest absolute Gasteiger partial charge is 0.381 e. The van der Waals surface area contributed by atoms with E-state index >= 15 is 0 Å². The number of nitrogens with zero attached hydrogens (tertiary/aromatic N) is 5. The second-order valence-electron chi connectivity index (χ2n) is 6.26. The Balaban J connectivity index is 1.49. The fourth-order valence-electron chi connectivity index (χ4n) is 3.52. The van der Waals surface area contributed by atoms with Crippen molar-refractivity contribution in [2.24, 2.45) is 7.05 Å². The summed E-state index contributed by atoms with van der Waals surface area (Å²) < 4.78 is 7.09. The molecule has 2 saturated heterocycles. The van der Waals surface area contributed by atoms with Crippen molar-refractivity contribution in [1.29, 1.82) is 0 Å². The van der Waals surface area contributed by atoms with Crippen LogP contribution >= 0.6 is 0 Å². The van der Waals surface area contributed by atoms with Gasteiger partial charge in [-0.05, 0) is 12.8 Å². The van der Waals surface area contributed by atoms with Gasteiger partial charge in [-0.15, -0.1) is 0 Å². The van der Waals surface area contributed by atoms with Crippen molar-refractivity contribution in [2.75, 3.05) is 44.3 Å². The number of H-pyrrole nitrogens is 1. The van der Waals surface area contributed by atoms with Crippen molar-refractivity contribution in [3.63, 3.8) is 0 Å². The summed E-state index contributed by atoms with van der Waals surface area (Å²) in [6, 6.07) is 0.637. The standard InChI is InChI=1S/C15H22N6O2/c1-19-13-12(10-16-19)14(22)18-15(17-13)21-6-4-20(5-7-21)11-2-8-23-9-3-11/h10-11H,2-9H2,1H3,(H,17,18,22). The lowest BCUT2D eigenvalue weighted by Gasteiger charge is -2.40. The number of aromatic amines is 1. The lowest BCUT2D eigenvalue weighted by molar-refractivity contribution is 0.0320. The molecule has 0 saturated carbocycles. The van der Waals surface area contributed by atoms with Gasteiger partial charge in [-0.1, -0.05) is 0 Å². The molecule has 0 amide bonds. The van der Waals surface area contributed by atoms with Gasteiger partial charge in [0.2, 0.25) is 5.95 Å². The summed E-state index contributed by atoms with van der Waals surface area (Å²) in [6.45, 7) is 5.50. The molecule has 4 heterocycles. The second kappa shape index (κ2) is 5.93. The van der Waals surface area contributed by atoms with E-state index in [1.54, 1.807) is 10.9 Å². The van der Waals surface area contributed by atoms with E-state index in [4.69, 9.17) is 4.74 Å². The van der Waals surface area contributed by atoms with Crippen LogP contribution in [-0.4, -0.2) is 70.1 Å². The zero-order chi connectivity index (χ0) is 15.8. The number of fused-ring (bicyclic) bond motifs is 1. The van der Waals surface area contributed by atoms with Gasteiger partial charge in [-0.2, -0.15) is 10.1 Å². The van der Waals surface area contributed by atoms with E-state index < -0.39 is 0 Å². The highest BCUT2D eigenvalue weighted by Gasteiger charge is 2.26. The van der Waals surface area contributed by atoms with E-state index in [9.17, 15) is 4.79 Å². The third kappa shape index (κ3) is 2.72. The molecular formula is C15H22N6O2. The van der Waals surface area contributed by atoms with Gasteiger partial charge in [0.25, 0.3) is 5.56 Å². The average molecular weight is 318 g/mol. The maximum Gasteiger partial charge on any atom is 0.263 e. The minimum atomic E-state index is -0.120. The highest BCUT2D eigenvalue weighted by Crippen LogP contribution is 2.18. The van der Waals surface area contributed by atoms with Crippen molar-refractivity contribution >= 4 is 17.0 Å². The molecule has 8 nitrogen and oxygen atoms in total. The first-order chi connectivity index (χ1) is 11.2. The van der Waals surface area contributed by atoms with Crippen LogP contribution in [0.15, 0.2) is 11.0 Å². The molecule has 8 heteroatoms. The van der Waals surface area contributed by atoms with Crippen LogP contribution in [0, 0.1) is 0 Å². The van der Waals surface area contributed by atoms with Gasteiger partial charge < -0.3 is 9.64 Å². The average Bonchev–Trinajstić information content (AvgIpc) is 2.98. The van der Waals surface area contributed by atoms with Gasteiger partial charge in [0.1, 0.15) is 5.39 Å². The molecule has 0 radical (unpaired) electrons. The van der Waals surface area contributed by atoms with Crippen LogP contribution in [-0.2, 0) is 11.8 Å². The predicted molar refractivity (Wildman–Crippen MR) is 86.8 cm³/mol. The van der Waals surface area contributed by atoms with Gasteiger partial charge in [-0.3, -0.25) is 19.4 Å². The molecule has 124 valence electrons.